The second-order valence-electron chi connectivity index (χ2n) is 5.98. The first kappa shape index (κ1) is 15.7. The molecular weight excluding hydrogens is 292 g/mol. The Hall–Kier alpha value is -2.21. The summed E-state index contributed by atoms with van der Waals surface area (Å²) >= 11 is 0. The maximum absolute atomic E-state index is 12.7. The molecule has 3 rings (SSSR count). The van der Waals surface area contributed by atoms with Gasteiger partial charge < -0.3 is 10.0 Å². The van der Waals surface area contributed by atoms with Crippen molar-refractivity contribution in [2.24, 2.45) is 0 Å². The molecule has 1 aliphatic heterocycles. The van der Waals surface area contributed by atoms with Gasteiger partial charge in [-0.3, -0.25) is 9.89 Å². The summed E-state index contributed by atoms with van der Waals surface area (Å²) in [6, 6.07) is 7.56. The van der Waals surface area contributed by atoms with Gasteiger partial charge in [-0.2, -0.15) is 5.10 Å². The molecule has 1 aliphatic rings. The predicted octanol–water partition coefficient (Wildman–Crippen LogP) is 2.16. The zero-order chi connectivity index (χ0) is 16.2. The first-order valence-corrected chi connectivity index (χ1v) is 8.10. The van der Waals surface area contributed by atoms with E-state index in [1.165, 1.54) is 0 Å². The lowest BCUT2D eigenvalue weighted by atomic mass is 9.98. The molecule has 1 amide bonds. The fourth-order valence-corrected chi connectivity index (χ4v) is 3.12. The number of rotatable bonds is 4. The minimum atomic E-state index is 0.0425. The van der Waals surface area contributed by atoms with Crippen molar-refractivity contribution in [3.8, 4) is 11.4 Å². The van der Waals surface area contributed by atoms with Crippen molar-refractivity contribution in [1.29, 1.82) is 0 Å². The van der Waals surface area contributed by atoms with Gasteiger partial charge in [0.05, 0.1) is 0 Å². The van der Waals surface area contributed by atoms with Gasteiger partial charge in [-0.1, -0.05) is 12.1 Å². The average molecular weight is 314 g/mol. The van der Waals surface area contributed by atoms with Crippen LogP contribution in [0.4, 0.5) is 0 Å². The Kier molecular flexibility index (Phi) is 4.71. The van der Waals surface area contributed by atoms with Gasteiger partial charge in [-0.25, -0.2) is 4.98 Å². The Morgan fingerprint density at radius 1 is 1.35 bits per heavy atom. The molecule has 0 bridgehead atoms. The van der Waals surface area contributed by atoms with Crippen LogP contribution in [0.3, 0.4) is 0 Å². The molecule has 0 saturated carbocycles. The summed E-state index contributed by atoms with van der Waals surface area (Å²) in [4.78, 5) is 18.9. The molecule has 0 radical (unpaired) electrons. The molecule has 0 spiro atoms. The van der Waals surface area contributed by atoms with Crippen molar-refractivity contribution in [1.82, 2.24) is 20.1 Å². The number of aromatic amines is 1. The van der Waals surface area contributed by atoms with E-state index in [9.17, 15) is 9.90 Å². The molecule has 1 aromatic carbocycles. The minimum Gasteiger partial charge on any atom is -0.396 e. The lowest BCUT2D eigenvalue weighted by Gasteiger charge is -2.35. The quantitative estimate of drug-likeness (QED) is 0.906. The summed E-state index contributed by atoms with van der Waals surface area (Å²) in [5.41, 5.74) is 1.56. The Morgan fingerprint density at radius 2 is 2.13 bits per heavy atom. The highest BCUT2D eigenvalue weighted by Gasteiger charge is 2.26. The van der Waals surface area contributed by atoms with E-state index in [1.54, 1.807) is 0 Å². The lowest BCUT2D eigenvalue weighted by Crippen LogP contribution is -2.44. The number of amides is 1. The molecule has 23 heavy (non-hydrogen) atoms. The first-order valence-electron chi connectivity index (χ1n) is 8.10. The number of aliphatic hydroxyl groups is 1. The van der Waals surface area contributed by atoms with Crippen molar-refractivity contribution in [2.45, 2.75) is 38.6 Å². The van der Waals surface area contributed by atoms with Crippen LogP contribution < -0.4 is 0 Å². The standard InChI is InChI=1S/C17H22N4O2/c1-12-18-16(20-19-12)13-5-7-14(8-6-13)17(23)21-10-3-2-4-15(21)9-11-22/h5-8,15,22H,2-4,9-11H2,1H3,(H,18,19,20). The zero-order valence-electron chi connectivity index (χ0n) is 13.3. The van der Waals surface area contributed by atoms with Gasteiger partial charge in [-0.05, 0) is 44.7 Å². The molecule has 122 valence electrons. The zero-order valence-corrected chi connectivity index (χ0v) is 13.3. The number of piperidine rings is 1. The third-order valence-electron chi connectivity index (χ3n) is 4.34. The molecule has 0 aliphatic carbocycles. The lowest BCUT2D eigenvalue weighted by molar-refractivity contribution is 0.0574. The summed E-state index contributed by atoms with van der Waals surface area (Å²) in [6.07, 6.45) is 3.78. The molecular formula is C17H22N4O2. The van der Waals surface area contributed by atoms with E-state index in [0.717, 1.165) is 37.2 Å². The molecule has 2 N–H and O–H groups in total. The van der Waals surface area contributed by atoms with Gasteiger partial charge in [-0.15, -0.1) is 0 Å². The summed E-state index contributed by atoms with van der Waals surface area (Å²) in [7, 11) is 0. The smallest absolute Gasteiger partial charge is 0.254 e. The van der Waals surface area contributed by atoms with Crippen LogP contribution in [0.15, 0.2) is 24.3 Å². The second-order valence-corrected chi connectivity index (χ2v) is 5.98. The first-order chi connectivity index (χ1) is 11.2. The minimum absolute atomic E-state index is 0.0425. The number of aromatic nitrogens is 3. The van der Waals surface area contributed by atoms with Crippen LogP contribution in [0.2, 0.25) is 0 Å². The largest absolute Gasteiger partial charge is 0.396 e. The van der Waals surface area contributed by atoms with Gasteiger partial charge in [0.15, 0.2) is 5.82 Å². The number of aliphatic hydroxyl groups excluding tert-OH is 1. The molecule has 6 nitrogen and oxygen atoms in total. The number of H-pyrrole nitrogens is 1. The molecule has 1 atom stereocenters. The van der Waals surface area contributed by atoms with Crippen LogP contribution >= 0.6 is 0 Å². The summed E-state index contributed by atoms with van der Waals surface area (Å²) < 4.78 is 0. The van der Waals surface area contributed by atoms with Crippen molar-refractivity contribution in [2.75, 3.05) is 13.2 Å². The number of benzene rings is 1. The molecule has 1 aromatic heterocycles. The third-order valence-corrected chi connectivity index (χ3v) is 4.34. The number of carbonyl (C=O) groups is 1. The maximum Gasteiger partial charge on any atom is 0.254 e. The normalized spacial score (nSPS) is 18.2. The highest BCUT2D eigenvalue weighted by molar-refractivity contribution is 5.94. The Morgan fingerprint density at radius 3 is 2.78 bits per heavy atom. The molecule has 6 heteroatoms. The highest BCUT2D eigenvalue weighted by Crippen LogP contribution is 2.23. The molecule has 2 heterocycles. The van der Waals surface area contributed by atoms with Crippen molar-refractivity contribution in [3.63, 3.8) is 0 Å². The molecule has 1 fully saturated rings. The number of likely N-dealkylation sites (tertiary alicyclic amines) is 1. The van der Waals surface area contributed by atoms with Crippen LogP contribution in [0.25, 0.3) is 11.4 Å². The van der Waals surface area contributed by atoms with Crippen molar-refractivity contribution in [3.05, 3.63) is 35.7 Å². The Balaban J connectivity index is 1.76. The van der Waals surface area contributed by atoms with E-state index in [2.05, 4.69) is 15.2 Å². The monoisotopic (exact) mass is 314 g/mol. The second kappa shape index (κ2) is 6.91. The van der Waals surface area contributed by atoms with Crippen molar-refractivity contribution < 1.29 is 9.90 Å². The van der Waals surface area contributed by atoms with Crippen LogP contribution in [0.5, 0.6) is 0 Å². The van der Waals surface area contributed by atoms with Crippen LogP contribution in [0.1, 0.15) is 41.9 Å². The highest BCUT2D eigenvalue weighted by atomic mass is 16.3. The molecule has 2 aromatic rings. The van der Waals surface area contributed by atoms with Crippen LogP contribution in [-0.2, 0) is 0 Å². The summed E-state index contributed by atoms with van der Waals surface area (Å²) in [5, 5.41) is 16.1. The van der Waals surface area contributed by atoms with Crippen LogP contribution in [-0.4, -0.2) is 50.3 Å². The number of nitrogens with one attached hydrogen (secondary N) is 1. The van der Waals surface area contributed by atoms with Gasteiger partial charge in [0.1, 0.15) is 5.82 Å². The van der Waals surface area contributed by atoms with Gasteiger partial charge in [0.2, 0.25) is 0 Å². The molecule has 1 unspecified atom stereocenters. The van der Waals surface area contributed by atoms with Crippen molar-refractivity contribution >= 4 is 5.91 Å². The SMILES string of the molecule is Cc1nc(-c2ccc(C(=O)N3CCCCC3CCO)cc2)n[nH]1. The van der Waals surface area contributed by atoms with E-state index in [0.29, 0.717) is 17.8 Å². The average Bonchev–Trinajstić information content (AvgIpc) is 3.02. The Bertz CT molecular complexity index is 663. The van der Waals surface area contributed by atoms with E-state index in [1.807, 2.05) is 36.1 Å². The number of aryl methyl sites for hydroxylation is 1. The number of hydrogen-bond donors (Lipinski definition) is 2. The summed E-state index contributed by atoms with van der Waals surface area (Å²) in [6.45, 7) is 2.75. The fourth-order valence-electron chi connectivity index (χ4n) is 3.12. The third kappa shape index (κ3) is 3.42. The maximum atomic E-state index is 12.7. The van der Waals surface area contributed by atoms with E-state index < -0.39 is 0 Å². The van der Waals surface area contributed by atoms with Gasteiger partial charge >= 0.3 is 0 Å². The van der Waals surface area contributed by atoms with E-state index in [4.69, 9.17) is 0 Å². The topological polar surface area (TPSA) is 82.1 Å². The number of carbonyl (C=O) groups excluding carboxylic acids is 1. The van der Waals surface area contributed by atoms with E-state index >= 15 is 0 Å². The van der Waals surface area contributed by atoms with Gasteiger partial charge in [0.25, 0.3) is 5.91 Å². The predicted molar refractivity (Wildman–Crippen MR) is 86.9 cm³/mol. The molecule has 1 saturated heterocycles. The number of hydrogen-bond acceptors (Lipinski definition) is 4. The van der Waals surface area contributed by atoms with Crippen LogP contribution in [0, 0.1) is 6.92 Å². The summed E-state index contributed by atoms with van der Waals surface area (Å²) in [5.74, 6) is 1.44. The fraction of sp³-hybridized carbons (Fsp3) is 0.471. The Labute approximate surface area is 135 Å². The number of nitrogens with zero attached hydrogens (tertiary/aromatic N) is 3. The van der Waals surface area contributed by atoms with Gasteiger partial charge in [0, 0.05) is 30.3 Å². The van der Waals surface area contributed by atoms with E-state index in [-0.39, 0.29) is 18.6 Å².